The number of aliphatic imine (C=N–C) groups is 1. The minimum atomic E-state index is 0. The van der Waals surface area contributed by atoms with Gasteiger partial charge in [0.05, 0.1) is 19.3 Å². The third kappa shape index (κ3) is 12.3. The number of guanidine groups is 1. The molecule has 1 aliphatic rings. The van der Waals surface area contributed by atoms with Crippen molar-refractivity contribution in [2.75, 3.05) is 59.7 Å². The first-order chi connectivity index (χ1) is 12.2. The third-order valence-corrected chi connectivity index (χ3v) is 4.26. The number of halogens is 1. The summed E-state index contributed by atoms with van der Waals surface area (Å²) < 4.78 is 16.6. The van der Waals surface area contributed by atoms with E-state index in [0.29, 0.717) is 25.2 Å². The van der Waals surface area contributed by atoms with Crippen molar-refractivity contribution >= 4 is 29.9 Å². The van der Waals surface area contributed by atoms with Crippen LogP contribution in [-0.2, 0) is 14.2 Å². The van der Waals surface area contributed by atoms with Gasteiger partial charge < -0.3 is 24.4 Å². The lowest BCUT2D eigenvalue weighted by Gasteiger charge is -2.34. The predicted octanol–water partition coefficient (Wildman–Crippen LogP) is 3.15. The van der Waals surface area contributed by atoms with Crippen molar-refractivity contribution in [3.8, 4) is 0 Å². The first-order valence-corrected chi connectivity index (χ1v) is 9.88. The van der Waals surface area contributed by atoms with Crippen molar-refractivity contribution in [3.05, 3.63) is 0 Å². The summed E-state index contributed by atoms with van der Waals surface area (Å²) >= 11 is 0. The Morgan fingerprint density at radius 1 is 1.15 bits per heavy atom. The van der Waals surface area contributed by atoms with Gasteiger partial charge in [-0.25, -0.2) is 0 Å². The number of nitrogens with one attached hydrogen (secondary N) is 1. The molecule has 1 rings (SSSR count). The Labute approximate surface area is 177 Å². The Balaban J connectivity index is 0.00000625. The Hall–Kier alpha value is -0.120. The number of rotatable bonds is 12. The standard InChI is InChI=1S/C19H39N3O3.HI/c1-5-20-19(21-10-16-24-15-9-17(2)3)22-11-7-18(8-12-22)25-14-6-13-23-4;/h17-18H,5-16H2,1-4H3,(H,20,21);1H. The van der Waals surface area contributed by atoms with E-state index < -0.39 is 0 Å². The molecule has 0 radical (unpaired) electrons. The van der Waals surface area contributed by atoms with E-state index in [1.807, 2.05) is 0 Å². The molecule has 6 nitrogen and oxygen atoms in total. The first kappa shape index (κ1) is 25.9. The van der Waals surface area contributed by atoms with Gasteiger partial charge in [-0.2, -0.15) is 0 Å². The molecular formula is C19H40IN3O3. The maximum absolute atomic E-state index is 5.93. The molecule has 1 N–H and O–H groups in total. The zero-order valence-electron chi connectivity index (χ0n) is 17.2. The summed E-state index contributed by atoms with van der Waals surface area (Å²) in [6.07, 6.45) is 4.57. The SMILES string of the molecule is CCNC(=NCCOCCC(C)C)N1CCC(OCCCOC)CC1.I. The average molecular weight is 485 g/mol. The Bertz CT molecular complexity index is 349. The number of likely N-dealkylation sites (tertiary alicyclic amines) is 1. The van der Waals surface area contributed by atoms with Gasteiger partial charge in [-0.3, -0.25) is 4.99 Å². The van der Waals surface area contributed by atoms with Gasteiger partial charge in [0.1, 0.15) is 0 Å². The third-order valence-electron chi connectivity index (χ3n) is 4.26. The van der Waals surface area contributed by atoms with E-state index in [1.165, 1.54) is 0 Å². The van der Waals surface area contributed by atoms with Crippen LogP contribution in [0.4, 0.5) is 0 Å². The molecular weight excluding hydrogens is 445 g/mol. The van der Waals surface area contributed by atoms with E-state index in [9.17, 15) is 0 Å². The summed E-state index contributed by atoms with van der Waals surface area (Å²) in [5.41, 5.74) is 0. The molecule has 7 heteroatoms. The van der Waals surface area contributed by atoms with Crippen LogP contribution in [0.2, 0.25) is 0 Å². The van der Waals surface area contributed by atoms with Crippen LogP contribution >= 0.6 is 24.0 Å². The largest absolute Gasteiger partial charge is 0.385 e. The summed E-state index contributed by atoms with van der Waals surface area (Å²) in [5.74, 6) is 1.70. The minimum absolute atomic E-state index is 0. The summed E-state index contributed by atoms with van der Waals surface area (Å²) in [7, 11) is 1.73. The van der Waals surface area contributed by atoms with Crippen molar-refractivity contribution < 1.29 is 14.2 Å². The molecule has 156 valence electrons. The van der Waals surface area contributed by atoms with E-state index >= 15 is 0 Å². The van der Waals surface area contributed by atoms with Crippen LogP contribution in [0.25, 0.3) is 0 Å². The van der Waals surface area contributed by atoms with Gasteiger partial charge in [-0.1, -0.05) is 13.8 Å². The van der Waals surface area contributed by atoms with Crippen molar-refractivity contribution in [1.29, 1.82) is 0 Å². The highest BCUT2D eigenvalue weighted by atomic mass is 127. The number of hydrogen-bond acceptors (Lipinski definition) is 4. The average Bonchev–Trinajstić information content (AvgIpc) is 2.61. The van der Waals surface area contributed by atoms with Gasteiger partial charge in [-0.05, 0) is 38.5 Å². The van der Waals surface area contributed by atoms with Gasteiger partial charge in [0.15, 0.2) is 5.96 Å². The molecule has 26 heavy (non-hydrogen) atoms. The van der Waals surface area contributed by atoms with Crippen molar-refractivity contribution in [1.82, 2.24) is 10.2 Å². The van der Waals surface area contributed by atoms with E-state index in [1.54, 1.807) is 7.11 Å². The number of methoxy groups -OCH3 is 1. The second kappa shape index (κ2) is 17.0. The fourth-order valence-electron chi connectivity index (χ4n) is 2.75. The molecule has 0 aromatic carbocycles. The molecule has 0 unspecified atom stereocenters. The quantitative estimate of drug-likeness (QED) is 0.199. The fraction of sp³-hybridized carbons (Fsp3) is 0.947. The van der Waals surface area contributed by atoms with Crippen LogP contribution < -0.4 is 5.32 Å². The summed E-state index contributed by atoms with van der Waals surface area (Å²) in [5, 5.41) is 3.40. The molecule has 0 saturated carbocycles. The van der Waals surface area contributed by atoms with Crippen LogP contribution in [-0.4, -0.2) is 76.7 Å². The molecule has 0 aromatic rings. The summed E-state index contributed by atoms with van der Waals surface area (Å²) in [4.78, 5) is 7.05. The lowest BCUT2D eigenvalue weighted by Crippen LogP contribution is -2.47. The van der Waals surface area contributed by atoms with Gasteiger partial charge in [0, 0.05) is 46.6 Å². The van der Waals surface area contributed by atoms with Crippen molar-refractivity contribution in [3.63, 3.8) is 0 Å². The molecule has 0 aromatic heterocycles. The zero-order chi connectivity index (χ0) is 18.3. The zero-order valence-corrected chi connectivity index (χ0v) is 19.5. The van der Waals surface area contributed by atoms with Crippen LogP contribution in [0.3, 0.4) is 0 Å². The molecule has 0 atom stereocenters. The van der Waals surface area contributed by atoms with E-state index in [4.69, 9.17) is 19.2 Å². The second-order valence-corrected chi connectivity index (χ2v) is 6.93. The fourth-order valence-corrected chi connectivity index (χ4v) is 2.75. The molecule has 1 saturated heterocycles. The molecule has 1 fully saturated rings. The van der Waals surface area contributed by atoms with Crippen LogP contribution in [0.1, 0.15) is 46.5 Å². The highest BCUT2D eigenvalue weighted by Gasteiger charge is 2.21. The normalized spacial score (nSPS) is 16.0. The second-order valence-electron chi connectivity index (χ2n) is 6.93. The lowest BCUT2D eigenvalue weighted by molar-refractivity contribution is 0.00987. The van der Waals surface area contributed by atoms with E-state index in [2.05, 4.69) is 31.0 Å². The van der Waals surface area contributed by atoms with Crippen molar-refractivity contribution in [2.24, 2.45) is 10.9 Å². The predicted molar refractivity (Wildman–Crippen MR) is 119 cm³/mol. The van der Waals surface area contributed by atoms with Gasteiger partial charge in [0.2, 0.25) is 0 Å². The van der Waals surface area contributed by atoms with E-state index in [-0.39, 0.29) is 24.0 Å². The highest BCUT2D eigenvalue weighted by Crippen LogP contribution is 2.14. The first-order valence-electron chi connectivity index (χ1n) is 9.88. The summed E-state index contributed by atoms with van der Waals surface area (Å²) in [6, 6.07) is 0. The van der Waals surface area contributed by atoms with Crippen LogP contribution in [0.15, 0.2) is 4.99 Å². The summed E-state index contributed by atoms with van der Waals surface area (Å²) in [6.45, 7) is 13.2. The Morgan fingerprint density at radius 3 is 2.50 bits per heavy atom. The smallest absolute Gasteiger partial charge is 0.193 e. The van der Waals surface area contributed by atoms with Crippen molar-refractivity contribution in [2.45, 2.75) is 52.6 Å². The molecule has 1 aliphatic heterocycles. The molecule has 0 spiro atoms. The molecule has 0 amide bonds. The Morgan fingerprint density at radius 2 is 1.88 bits per heavy atom. The van der Waals surface area contributed by atoms with Crippen LogP contribution in [0, 0.1) is 5.92 Å². The monoisotopic (exact) mass is 485 g/mol. The van der Waals surface area contributed by atoms with E-state index in [0.717, 1.165) is 71.1 Å². The number of hydrogen-bond donors (Lipinski definition) is 1. The Kier molecular flexibility index (Phi) is 16.9. The topological polar surface area (TPSA) is 55.3 Å². The van der Waals surface area contributed by atoms with Gasteiger partial charge in [0.25, 0.3) is 0 Å². The highest BCUT2D eigenvalue weighted by molar-refractivity contribution is 14.0. The lowest BCUT2D eigenvalue weighted by atomic mass is 10.1. The number of piperidine rings is 1. The van der Waals surface area contributed by atoms with Gasteiger partial charge in [-0.15, -0.1) is 24.0 Å². The minimum Gasteiger partial charge on any atom is -0.385 e. The number of ether oxygens (including phenoxy) is 3. The van der Waals surface area contributed by atoms with Crippen LogP contribution in [0.5, 0.6) is 0 Å². The maximum Gasteiger partial charge on any atom is 0.193 e. The van der Waals surface area contributed by atoms with Gasteiger partial charge >= 0.3 is 0 Å². The maximum atomic E-state index is 5.93. The molecule has 0 aliphatic carbocycles. The molecule has 1 heterocycles. The number of nitrogens with zero attached hydrogens (tertiary/aromatic N) is 2. The molecule has 0 bridgehead atoms.